The second-order valence-electron chi connectivity index (χ2n) is 6.94. The van der Waals surface area contributed by atoms with Crippen LogP contribution in [0.3, 0.4) is 0 Å². The third-order valence-corrected chi connectivity index (χ3v) is 4.50. The first kappa shape index (κ1) is 19.5. The molecule has 0 aliphatic heterocycles. The number of hydrogen-bond acceptors (Lipinski definition) is 4. The van der Waals surface area contributed by atoms with Gasteiger partial charge in [0.2, 0.25) is 5.91 Å². The summed E-state index contributed by atoms with van der Waals surface area (Å²) in [7, 11) is 3.37. The Morgan fingerprint density at radius 3 is 2.54 bits per heavy atom. The summed E-state index contributed by atoms with van der Waals surface area (Å²) in [6, 6.07) is 11.8. The van der Waals surface area contributed by atoms with Crippen LogP contribution in [-0.4, -0.2) is 63.6 Å². The molecular weight excluding hydrogens is 354 g/mol. The lowest BCUT2D eigenvalue weighted by Crippen LogP contribution is -2.40. The summed E-state index contributed by atoms with van der Waals surface area (Å²) in [5.74, 6) is -0.297. The van der Waals surface area contributed by atoms with Crippen molar-refractivity contribution < 1.29 is 9.59 Å². The molecule has 0 aliphatic carbocycles. The van der Waals surface area contributed by atoms with Gasteiger partial charge in [-0.15, -0.1) is 0 Å². The maximum Gasteiger partial charge on any atom is 0.255 e. The lowest BCUT2D eigenvalue weighted by molar-refractivity contribution is -0.129. The third-order valence-electron chi connectivity index (χ3n) is 4.50. The van der Waals surface area contributed by atoms with Crippen molar-refractivity contribution in [1.82, 2.24) is 24.6 Å². The molecule has 0 bridgehead atoms. The molecule has 2 aromatic heterocycles. The molecule has 3 rings (SSSR count). The lowest BCUT2D eigenvalue weighted by atomic mass is 10.2. The van der Waals surface area contributed by atoms with E-state index in [0.717, 1.165) is 23.0 Å². The van der Waals surface area contributed by atoms with Crippen LogP contribution in [0.15, 0.2) is 48.8 Å². The van der Waals surface area contributed by atoms with Crippen molar-refractivity contribution in [3.8, 4) is 0 Å². The van der Waals surface area contributed by atoms with Crippen molar-refractivity contribution in [3.05, 3.63) is 59.9 Å². The van der Waals surface area contributed by atoms with Crippen molar-refractivity contribution in [2.75, 3.05) is 27.2 Å². The molecule has 1 aromatic carbocycles. The minimum atomic E-state index is -0.192. The average molecular weight is 379 g/mol. The quantitative estimate of drug-likeness (QED) is 0.632. The summed E-state index contributed by atoms with van der Waals surface area (Å²) in [5, 5.41) is 5.22. The van der Waals surface area contributed by atoms with E-state index in [-0.39, 0.29) is 18.4 Å². The van der Waals surface area contributed by atoms with E-state index in [1.54, 1.807) is 37.5 Å². The highest BCUT2D eigenvalue weighted by Crippen LogP contribution is 2.16. The third kappa shape index (κ3) is 4.36. The molecule has 0 saturated carbocycles. The Morgan fingerprint density at radius 1 is 1.11 bits per heavy atom. The van der Waals surface area contributed by atoms with Crippen LogP contribution in [0.4, 0.5) is 0 Å². The Labute approximate surface area is 164 Å². The minimum Gasteiger partial charge on any atom is -0.347 e. The van der Waals surface area contributed by atoms with Gasteiger partial charge in [-0.25, -0.2) is 9.67 Å². The number of rotatable bonds is 7. The predicted octanol–water partition coefficient (Wildman–Crippen LogP) is 2.42. The second kappa shape index (κ2) is 8.65. The number of aromatic nitrogens is 3. The molecular formula is C21H25N5O2. The molecule has 0 aliphatic rings. The zero-order valence-corrected chi connectivity index (χ0v) is 16.5. The van der Waals surface area contributed by atoms with Gasteiger partial charge in [0.25, 0.3) is 5.91 Å². The molecule has 0 fully saturated rings. The van der Waals surface area contributed by atoms with E-state index >= 15 is 0 Å². The number of carbonyl (C=O) groups is 2. The first-order valence-corrected chi connectivity index (χ1v) is 9.34. The van der Waals surface area contributed by atoms with Gasteiger partial charge in [0.1, 0.15) is 6.54 Å². The van der Waals surface area contributed by atoms with Crippen LogP contribution in [0.2, 0.25) is 0 Å². The zero-order valence-electron chi connectivity index (χ0n) is 16.5. The average Bonchev–Trinajstić information content (AvgIpc) is 3.09. The molecule has 0 saturated heterocycles. The number of pyridine rings is 1. The summed E-state index contributed by atoms with van der Waals surface area (Å²) in [6.45, 7) is 3.17. The molecule has 0 unspecified atom stereocenters. The summed E-state index contributed by atoms with van der Waals surface area (Å²) in [5.41, 5.74) is 2.32. The van der Waals surface area contributed by atoms with Gasteiger partial charge in [-0.05, 0) is 18.1 Å². The van der Waals surface area contributed by atoms with Gasteiger partial charge < -0.3 is 9.80 Å². The smallest absolute Gasteiger partial charge is 0.255 e. The normalized spacial score (nSPS) is 10.8. The van der Waals surface area contributed by atoms with Gasteiger partial charge in [0.15, 0.2) is 5.65 Å². The largest absolute Gasteiger partial charge is 0.347 e. The summed E-state index contributed by atoms with van der Waals surface area (Å²) in [4.78, 5) is 32.5. The number of amides is 2. The van der Waals surface area contributed by atoms with E-state index in [1.807, 2.05) is 41.9 Å². The predicted molar refractivity (Wildman–Crippen MR) is 108 cm³/mol. The fourth-order valence-corrected chi connectivity index (χ4v) is 2.97. The van der Waals surface area contributed by atoms with E-state index < -0.39 is 0 Å². The van der Waals surface area contributed by atoms with Crippen LogP contribution in [0, 0.1) is 0 Å². The van der Waals surface area contributed by atoms with Crippen molar-refractivity contribution in [2.24, 2.45) is 0 Å². The number of carbonyl (C=O) groups excluding carboxylic acids is 2. The number of fused-ring (bicyclic) bond motifs is 1. The van der Waals surface area contributed by atoms with Crippen LogP contribution >= 0.6 is 0 Å². The molecule has 2 amide bonds. The standard InChI is InChI=1S/C21H25N5O2/c1-4-10-25(15-19(27)24(2)3)21(28)18-11-17-13-23-26(20(17)22-12-18)14-16-8-6-5-7-9-16/h5-9,11-13H,4,10,14-15H2,1-3H3. The second-order valence-corrected chi connectivity index (χ2v) is 6.94. The molecule has 28 heavy (non-hydrogen) atoms. The lowest BCUT2D eigenvalue weighted by Gasteiger charge is -2.23. The Kier molecular flexibility index (Phi) is 6.03. The van der Waals surface area contributed by atoms with Crippen LogP contribution in [-0.2, 0) is 11.3 Å². The topological polar surface area (TPSA) is 71.3 Å². The van der Waals surface area contributed by atoms with Crippen LogP contribution < -0.4 is 0 Å². The van der Waals surface area contributed by atoms with Crippen molar-refractivity contribution in [2.45, 2.75) is 19.9 Å². The summed E-state index contributed by atoms with van der Waals surface area (Å²) < 4.78 is 1.82. The monoisotopic (exact) mass is 379 g/mol. The van der Waals surface area contributed by atoms with E-state index in [9.17, 15) is 9.59 Å². The SMILES string of the molecule is CCCN(CC(=O)N(C)C)C(=O)c1cnc2c(cnn2Cc2ccccc2)c1. The molecule has 0 atom stereocenters. The minimum absolute atomic E-state index is 0.0605. The molecule has 3 aromatic rings. The Balaban J connectivity index is 1.83. The molecule has 146 valence electrons. The van der Waals surface area contributed by atoms with Crippen LogP contribution in [0.5, 0.6) is 0 Å². The van der Waals surface area contributed by atoms with E-state index in [1.165, 1.54) is 4.90 Å². The summed E-state index contributed by atoms with van der Waals surface area (Å²) >= 11 is 0. The fraction of sp³-hybridized carbons (Fsp3) is 0.333. The maximum absolute atomic E-state index is 12.9. The van der Waals surface area contributed by atoms with Gasteiger partial charge in [0.05, 0.1) is 18.3 Å². The van der Waals surface area contributed by atoms with E-state index in [2.05, 4.69) is 10.1 Å². The van der Waals surface area contributed by atoms with Gasteiger partial charge in [-0.1, -0.05) is 37.3 Å². The number of likely N-dealkylation sites (N-methyl/N-ethyl adjacent to an activating group) is 1. The highest BCUT2D eigenvalue weighted by molar-refractivity contribution is 5.98. The van der Waals surface area contributed by atoms with Gasteiger partial charge >= 0.3 is 0 Å². The number of nitrogens with zero attached hydrogens (tertiary/aromatic N) is 5. The van der Waals surface area contributed by atoms with Crippen molar-refractivity contribution in [1.29, 1.82) is 0 Å². The van der Waals surface area contributed by atoms with Gasteiger partial charge in [0, 0.05) is 32.2 Å². The summed E-state index contributed by atoms with van der Waals surface area (Å²) in [6.07, 6.45) is 4.06. The van der Waals surface area contributed by atoms with Crippen LogP contribution in [0.1, 0.15) is 29.3 Å². The molecule has 2 heterocycles. The molecule has 0 N–H and O–H groups in total. The Bertz CT molecular complexity index is 965. The molecule has 0 spiro atoms. The molecule has 7 heteroatoms. The van der Waals surface area contributed by atoms with Crippen LogP contribution in [0.25, 0.3) is 11.0 Å². The first-order chi connectivity index (χ1) is 13.5. The molecule has 7 nitrogen and oxygen atoms in total. The highest BCUT2D eigenvalue weighted by atomic mass is 16.2. The van der Waals surface area contributed by atoms with Crippen molar-refractivity contribution in [3.63, 3.8) is 0 Å². The Morgan fingerprint density at radius 2 is 1.86 bits per heavy atom. The van der Waals surface area contributed by atoms with Crippen molar-refractivity contribution >= 4 is 22.8 Å². The highest BCUT2D eigenvalue weighted by Gasteiger charge is 2.20. The van der Waals surface area contributed by atoms with E-state index in [0.29, 0.717) is 18.7 Å². The van der Waals surface area contributed by atoms with Gasteiger partial charge in [-0.2, -0.15) is 5.10 Å². The fourth-order valence-electron chi connectivity index (χ4n) is 2.97. The molecule has 0 radical (unpaired) electrons. The Hall–Kier alpha value is -3.22. The first-order valence-electron chi connectivity index (χ1n) is 9.34. The van der Waals surface area contributed by atoms with Gasteiger partial charge in [-0.3, -0.25) is 9.59 Å². The number of hydrogen-bond donors (Lipinski definition) is 0. The zero-order chi connectivity index (χ0) is 20.1. The van der Waals surface area contributed by atoms with E-state index in [4.69, 9.17) is 0 Å². The maximum atomic E-state index is 12.9. The number of benzene rings is 1.